The summed E-state index contributed by atoms with van der Waals surface area (Å²) in [6.45, 7) is 0. The van der Waals surface area contributed by atoms with E-state index in [9.17, 15) is 22.8 Å². The van der Waals surface area contributed by atoms with Crippen molar-refractivity contribution in [2.45, 2.75) is 12.1 Å². The number of nitrogens with zero attached hydrogens (tertiary/aromatic N) is 1. The number of hydrogen-bond donors (Lipinski definition) is 3. The van der Waals surface area contributed by atoms with Gasteiger partial charge in [0.1, 0.15) is 5.92 Å². The van der Waals surface area contributed by atoms with Gasteiger partial charge in [-0.05, 0) is 11.6 Å². The largest absolute Gasteiger partial charge is 0.416 e. The molecule has 4 N–H and O–H groups in total. The zero-order valence-corrected chi connectivity index (χ0v) is 13.2. The molecule has 0 fully saturated rings. The van der Waals surface area contributed by atoms with Crippen LogP contribution in [0.2, 0.25) is 0 Å². The number of rotatable bonds is 4. The molecule has 0 aliphatic heterocycles. The predicted octanol–water partition coefficient (Wildman–Crippen LogP) is 2.53. The van der Waals surface area contributed by atoms with Gasteiger partial charge in [0.05, 0.1) is 11.3 Å². The van der Waals surface area contributed by atoms with Crippen LogP contribution in [0.25, 0.3) is 0 Å². The first kappa shape index (κ1) is 17.7. The topological polar surface area (TPSA) is 97.1 Å². The van der Waals surface area contributed by atoms with Crippen LogP contribution < -0.4 is 16.4 Å². The van der Waals surface area contributed by atoms with Gasteiger partial charge < -0.3 is 11.1 Å². The highest BCUT2D eigenvalue weighted by Gasteiger charge is 2.32. The van der Waals surface area contributed by atoms with Crippen LogP contribution in [0.5, 0.6) is 0 Å². The minimum absolute atomic E-state index is 0.0779. The van der Waals surface area contributed by atoms with Crippen LogP contribution in [-0.2, 0) is 11.0 Å². The van der Waals surface area contributed by atoms with Gasteiger partial charge in [-0.3, -0.25) is 10.1 Å². The van der Waals surface area contributed by atoms with E-state index in [0.717, 1.165) is 23.5 Å². The van der Waals surface area contributed by atoms with Crippen molar-refractivity contribution in [3.05, 3.63) is 46.5 Å². The fourth-order valence-electron chi connectivity index (χ4n) is 2.01. The SMILES string of the molecule is CNC(=O)Nc1nc(C(C(N)=O)c2cccc(C(F)(F)F)c2)cs1. The van der Waals surface area contributed by atoms with E-state index in [-0.39, 0.29) is 16.4 Å². The van der Waals surface area contributed by atoms with Crippen LogP contribution in [-0.4, -0.2) is 24.0 Å². The maximum Gasteiger partial charge on any atom is 0.416 e. The van der Waals surface area contributed by atoms with Crippen molar-refractivity contribution in [3.8, 4) is 0 Å². The zero-order valence-electron chi connectivity index (χ0n) is 12.3. The van der Waals surface area contributed by atoms with Gasteiger partial charge in [-0.2, -0.15) is 13.2 Å². The second-order valence-corrected chi connectivity index (χ2v) is 5.60. The molecule has 3 amide bonds. The molecule has 2 aromatic rings. The average Bonchev–Trinajstić information content (AvgIpc) is 2.94. The fourth-order valence-corrected chi connectivity index (χ4v) is 2.74. The normalized spacial score (nSPS) is 12.5. The molecule has 2 rings (SSSR count). The number of carbonyl (C=O) groups is 2. The number of nitrogens with two attached hydrogens (primary N) is 1. The molecule has 10 heteroatoms. The quantitative estimate of drug-likeness (QED) is 0.783. The maximum absolute atomic E-state index is 12.8. The number of primary amides is 1. The second-order valence-electron chi connectivity index (χ2n) is 4.74. The van der Waals surface area contributed by atoms with Crippen LogP contribution in [0.1, 0.15) is 22.7 Å². The first-order chi connectivity index (χ1) is 11.2. The number of thiazole rings is 1. The van der Waals surface area contributed by atoms with E-state index in [4.69, 9.17) is 5.73 Å². The summed E-state index contributed by atoms with van der Waals surface area (Å²) >= 11 is 1.03. The van der Waals surface area contributed by atoms with Gasteiger partial charge in [0, 0.05) is 12.4 Å². The molecule has 24 heavy (non-hydrogen) atoms. The number of carbonyl (C=O) groups excluding carboxylic acids is 2. The monoisotopic (exact) mass is 358 g/mol. The van der Waals surface area contributed by atoms with E-state index in [0.29, 0.717) is 0 Å². The smallest absolute Gasteiger partial charge is 0.369 e. The van der Waals surface area contributed by atoms with Crippen molar-refractivity contribution in [2.24, 2.45) is 5.73 Å². The van der Waals surface area contributed by atoms with E-state index in [2.05, 4.69) is 15.6 Å². The molecular formula is C14H13F3N4O2S. The summed E-state index contributed by atoms with van der Waals surface area (Å²) in [5.41, 5.74) is 4.70. The van der Waals surface area contributed by atoms with E-state index in [1.54, 1.807) is 0 Å². The number of anilines is 1. The van der Waals surface area contributed by atoms with Gasteiger partial charge >= 0.3 is 12.2 Å². The van der Waals surface area contributed by atoms with Crippen LogP contribution in [0.4, 0.5) is 23.1 Å². The number of halogens is 3. The van der Waals surface area contributed by atoms with Gasteiger partial charge in [-0.1, -0.05) is 18.2 Å². The summed E-state index contributed by atoms with van der Waals surface area (Å²) in [6, 6.07) is 3.83. The summed E-state index contributed by atoms with van der Waals surface area (Å²) in [5, 5.41) is 6.40. The Morgan fingerprint density at radius 2 is 2.04 bits per heavy atom. The van der Waals surface area contributed by atoms with Crippen molar-refractivity contribution in [1.82, 2.24) is 10.3 Å². The van der Waals surface area contributed by atoms with Crippen LogP contribution in [0.3, 0.4) is 0 Å². The molecule has 1 atom stereocenters. The molecule has 1 unspecified atom stereocenters. The van der Waals surface area contributed by atoms with Gasteiger partial charge in [0.15, 0.2) is 5.13 Å². The number of aromatic nitrogens is 1. The van der Waals surface area contributed by atoms with Crippen LogP contribution >= 0.6 is 11.3 Å². The Balaban J connectivity index is 2.37. The van der Waals surface area contributed by atoms with Gasteiger partial charge in [-0.25, -0.2) is 9.78 Å². The number of benzene rings is 1. The first-order valence-electron chi connectivity index (χ1n) is 6.63. The molecule has 0 bridgehead atoms. The molecule has 128 valence electrons. The summed E-state index contributed by atoms with van der Waals surface area (Å²) in [5.74, 6) is -1.99. The lowest BCUT2D eigenvalue weighted by Gasteiger charge is -2.14. The molecule has 1 aromatic heterocycles. The van der Waals surface area contributed by atoms with Gasteiger partial charge in [0.2, 0.25) is 5.91 Å². The van der Waals surface area contributed by atoms with Crippen molar-refractivity contribution >= 4 is 28.4 Å². The second kappa shape index (κ2) is 6.87. The molecule has 6 nitrogen and oxygen atoms in total. The van der Waals surface area contributed by atoms with Crippen molar-refractivity contribution in [1.29, 1.82) is 0 Å². The molecule has 0 aliphatic rings. The van der Waals surface area contributed by atoms with E-state index < -0.39 is 29.6 Å². The zero-order chi connectivity index (χ0) is 17.9. The average molecular weight is 358 g/mol. The summed E-state index contributed by atoms with van der Waals surface area (Å²) in [6.07, 6.45) is -4.54. The van der Waals surface area contributed by atoms with E-state index in [1.807, 2.05) is 0 Å². The minimum Gasteiger partial charge on any atom is -0.369 e. The summed E-state index contributed by atoms with van der Waals surface area (Å²) < 4.78 is 38.5. The highest BCUT2D eigenvalue weighted by atomic mass is 32.1. The third-order valence-corrected chi connectivity index (χ3v) is 3.87. The molecule has 1 heterocycles. The lowest BCUT2D eigenvalue weighted by atomic mass is 9.94. The molecule has 0 aliphatic carbocycles. The molecule has 0 spiro atoms. The summed E-state index contributed by atoms with van der Waals surface area (Å²) in [4.78, 5) is 27.1. The molecule has 0 saturated carbocycles. The van der Waals surface area contributed by atoms with E-state index in [1.165, 1.54) is 24.6 Å². The molecule has 0 saturated heterocycles. The first-order valence-corrected chi connectivity index (χ1v) is 7.51. The third-order valence-electron chi connectivity index (χ3n) is 3.10. The lowest BCUT2D eigenvalue weighted by Crippen LogP contribution is -2.25. The Morgan fingerprint density at radius 3 is 2.62 bits per heavy atom. The minimum atomic E-state index is -4.54. The third kappa shape index (κ3) is 4.02. The number of amides is 3. The Hall–Kier alpha value is -2.62. The molecule has 0 radical (unpaired) electrons. The number of alkyl halides is 3. The van der Waals surface area contributed by atoms with Crippen molar-refractivity contribution in [3.63, 3.8) is 0 Å². The summed E-state index contributed by atoms with van der Waals surface area (Å²) in [7, 11) is 1.42. The number of urea groups is 1. The molecule has 1 aromatic carbocycles. The van der Waals surface area contributed by atoms with Crippen LogP contribution in [0, 0.1) is 0 Å². The van der Waals surface area contributed by atoms with Gasteiger partial charge in [0.25, 0.3) is 0 Å². The van der Waals surface area contributed by atoms with Crippen molar-refractivity contribution in [2.75, 3.05) is 12.4 Å². The predicted molar refractivity (Wildman–Crippen MR) is 82.7 cm³/mol. The Morgan fingerprint density at radius 1 is 1.33 bits per heavy atom. The Labute approximate surface area is 138 Å². The van der Waals surface area contributed by atoms with E-state index >= 15 is 0 Å². The molecular weight excluding hydrogens is 345 g/mol. The number of nitrogens with one attached hydrogen (secondary N) is 2. The lowest BCUT2D eigenvalue weighted by molar-refractivity contribution is -0.137. The maximum atomic E-state index is 12.8. The van der Waals surface area contributed by atoms with Gasteiger partial charge in [-0.15, -0.1) is 11.3 Å². The Kier molecular flexibility index (Phi) is 5.07. The standard InChI is InChI=1S/C14H13F3N4O2S/c1-19-12(23)21-13-20-9(6-24-13)10(11(18)22)7-3-2-4-8(5-7)14(15,16)17/h2-6,10H,1H3,(H2,18,22)(H2,19,20,21,23). The van der Waals surface area contributed by atoms with Crippen LogP contribution in [0.15, 0.2) is 29.6 Å². The van der Waals surface area contributed by atoms with Crippen molar-refractivity contribution < 1.29 is 22.8 Å². The highest BCUT2D eigenvalue weighted by molar-refractivity contribution is 7.14. The Bertz CT molecular complexity index is 760. The fraction of sp³-hybridized carbons (Fsp3) is 0.214. The highest BCUT2D eigenvalue weighted by Crippen LogP contribution is 2.33. The number of hydrogen-bond acceptors (Lipinski definition) is 4.